The van der Waals surface area contributed by atoms with Crippen molar-refractivity contribution < 1.29 is 80.2 Å². The van der Waals surface area contributed by atoms with E-state index in [0.29, 0.717) is 25.7 Å². The number of phosphoric ester groups is 2. The van der Waals surface area contributed by atoms with Gasteiger partial charge in [0.1, 0.15) is 19.3 Å². The number of rotatable bonds is 65. The number of hydrogen-bond acceptors (Lipinski definition) is 15. The summed E-state index contributed by atoms with van der Waals surface area (Å²) < 4.78 is 67.9. The Bertz CT molecular complexity index is 1700. The first-order chi connectivity index (χ1) is 41.2. The van der Waals surface area contributed by atoms with E-state index in [1.807, 2.05) is 0 Å². The van der Waals surface area contributed by atoms with Crippen molar-refractivity contribution in [1.82, 2.24) is 0 Å². The van der Waals surface area contributed by atoms with Gasteiger partial charge < -0.3 is 33.8 Å². The van der Waals surface area contributed by atoms with E-state index in [0.717, 1.165) is 114 Å². The molecule has 0 rings (SSSR count). The lowest BCUT2D eigenvalue weighted by Gasteiger charge is -2.21. The minimum absolute atomic E-state index is 0.103. The predicted octanol–water partition coefficient (Wildman–Crippen LogP) is 18.7. The van der Waals surface area contributed by atoms with Crippen LogP contribution >= 0.6 is 15.6 Å². The first-order valence-corrected chi connectivity index (χ1v) is 37.8. The molecule has 0 spiro atoms. The van der Waals surface area contributed by atoms with Gasteiger partial charge in [-0.15, -0.1) is 0 Å². The Hall–Kier alpha value is -1.94. The lowest BCUT2D eigenvalue weighted by molar-refractivity contribution is -0.161. The monoisotopic (exact) mass is 1270 g/mol. The molecule has 3 N–H and O–H groups in total. The molecule has 0 bridgehead atoms. The molecule has 0 fully saturated rings. The van der Waals surface area contributed by atoms with Crippen molar-refractivity contribution >= 4 is 39.5 Å². The molecule has 510 valence electrons. The van der Waals surface area contributed by atoms with Crippen LogP contribution in [-0.4, -0.2) is 96.7 Å². The lowest BCUT2D eigenvalue weighted by atomic mass is 10.0. The van der Waals surface area contributed by atoms with Crippen molar-refractivity contribution in [2.75, 3.05) is 39.6 Å². The average Bonchev–Trinajstić information content (AvgIpc) is 3.45. The maximum atomic E-state index is 13.0. The molecule has 0 radical (unpaired) electrons. The quantitative estimate of drug-likeness (QED) is 0.0222. The molecule has 5 atom stereocenters. The Morgan fingerprint density at radius 1 is 0.314 bits per heavy atom. The summed E-state index contributed by atoms with van der Waals surface area (Å²) in [6, 6.07) is 0. The fraction of sp³-hybridized carbons (Fsp3) is 0.940. The van der Waals surface area contributed by atoms with E-state index in [1.54, 1.807) is 0 Å². The van der Waals surface area contributed by atoms with Crippen LogP contribution in [0.15, 0.2) is 0 Å². The molecular weight excluding hydrogens is 1140 g/mol. The largest absolute Gasteiger partial charge is 0.472 e. The summed E-state index contributed by atoms with van der Waals surface area (Å²) in [5, 5.41) is 10.5. The minimum atomic E-state index is -4.95. The second-order valence-electron chi connectivity index (χ2n) is 25.6. The van der Waals surface area contributed by atoms with Crippen molar-refractivity contribution in [2.24, 2.45) is 17.8 Å². The number of esters is 4. The number of carbonyl (C=O) groups excluding carboxylic acids is 4. The van der Waals surface area contributed by atoms with Crippen molar-refractivity contribution in [3.63, 3.8) is 0 Å². The van der Waals surface area contributed by atoms with Crippen molar-refractivity contribution in [2.45, 2.75) is 349 Å². The summed E-state index contributed by atoms with van der Waals surface area (Å²) in [7, 11) is -9.89. The summed E-state index contributed by atoms with van der Waals surface area (Å²) in [6.07, 6.45) is 40.7. The molecule has 0 aliphatic heterocycles. The summed E-state index contributed by atoms with van der Waals surface area (Å²) in [4.78, 5) is 72.1. The maximum absolute atomic E-state index is 13.0. The van der Waals surface area contributed by atoms with Gasteiger partial charge in [-0.05, 0) is 43.4 Å². The molecule has 0 aliphatic carbocycles. The fourth-order valence-electron chi connectivity index (χ4n) is 10.0. The molecule has 0 aromatic heterocycles. The number of aliphatic hydroxyl groups excluding tert-OH is 1. The molecule has 0 amide bonds. The van der Waals surface area contributed by atoms with Gasteiger partial charge in [0.2, 0.25) is 0 Å². The van der Waals surface area contributed by atoms with Crippen molar-refractivity contribution in [3.8, 4) is 0 Å². The van der Waals surface area contributed by atoms with Gasteiger partial charge in [0.25, 0.3) is 0 Å². The minimum Gasteiger partial charge on any atom is -0.462 e. The van der Waals surface area contributed by atoms with Crippen LogP contribution in [0.1, 0.15) is 331 Å². The molecule has 17 nitrogen and oxygen atoms in total. The Kier molecular flexibility index (Phi) is 56.9. The Balaban J connectivity index is 5.18. The maximum Gasteiger partial charge on any atom is 0.472 e. The summed E-state index contributed by atoms with van der Waals surface area (Å²) >= 11 is 0. The van der Waals surface area contributed by atoms with Gasteiger partial charge in [0, 0.05) is 25.7 Å². The van der Waals surface area contributed by atoms with Crippen molar-refractivity contribution in [3.05, 3.63) is 0 Å². The van der Waals surface area contributed by atoms with Crippen LogP contribution in [0.2, 0.25) is 0 Å². The van der Waals surface area contributed by atoms with Crippen LogP contribution in [0.5, 0.6) is 0 Å². The van der Waals surface area contributed by atoms with Crippen LogP contribution < -0.4 is 0 Å². The number of aliphatic hydroxyl groups is 1. The number of ether oxygens (including phenoxy) is 4. The topological polar surface area (TPSA) is 237 Å². The molecule has 0 aromatic carbocycles. The summed E-state index contributed by atoms with van der Waals surface area (Å²) in [6.45, 7) is 11.7. The van der Waals surface area contributed by atoms with Crippen LogP contribution in [0.25, 0.3) is 0 Å². The molecule has 0 heterocycles. The second-order valence-corrected chi connectivity index (χ2v) is 28.5. The normalized spacial score (nSPS) is 14.3. The predicted molar refractivity (Wildman–Crippen MR) is 344 cm³/mol. The van der Waals surface area contributed by atoms with Gasteiger partial charge >= 0.3 is 39.5 Å². The van der Waals surface area contributed by atoms with Crippen LogP contribution in [0.3, 0.4) is 0 Å². The van der Waals surface area contributed by atoms with Crippen molar-refractivity contribution in [1.29, 1.82) is 0 Å². The van der Waals surface area contributed by atoms with Gasteiger partial charge in [0.15, 0.2) is 12.2 Å². The third kappa shape index (κ3) is 60.9. The molecule has 86 heavy (non-hydrogen) atoms. The highest BCUT2D eigenvalue weighted by molar-refractivity contribution is 7.47. The van der Waals surface area contributed by atoms with Gasteiger partial charge in [-0.25, -0.2) is 9.13 Å². The van der Waals surface area contributed by atoms with Gasteiger partial charge in [0.05, 0.1) is 26.4 Å². The molecular formula is C67H130O17P2. The molecule has 0 aromatic rings. The number of carbonyl (C=O) groups is 4. The highest BCUT2D eigenvalue weighted by Gasteiger charge is 2.30. The first-order valence-electron chi connectivity index (χ1n) is 34.8. The fourth-order valence-corrected chi connectivity index (χ4v) is 11.6. The zero-order chi connectivity index (χ0) is 63.8. The van der Waals surface area contributed by atoms with E-state index in [-0.39, 0.29) is 25.7 Å². The molecule has 2 unspecified atom stereocenters. The molecule has 0 saturated carbocycles. The zero-order valence-corrected chi connectivity index (χ0v) is 57.6. The second kappa shape index (κ2) is 58.2. The van der Waals surface area contributed by atoms with Gasteiger partial charge in [-0.3, -0.25) is 37.3 Å². The Labute approximate surface area is 524 Å². The van der Waals surface area contributed by atoms with E-state index in [2.05, 4.69) is 48.5 Å². The van der Waals surface area contributed by atoms with Crippen LogP contribution in [-0.2, 0) is 65.4 Å². The SMILES string of the molecule is CCCCCCCC(=O)OC[C@H](COP(=O)(O)OC[C@H](O)COP(=O)(O)OC[C@@H](COC(=O)CCCCCCCCCCCCCC(C)C)OC(=O)CCCCCCCCCCCCCCCC(C)C)OC(=O)CCCCCCCCCCC(C)C. The number of phosphoric acid groups is 2. The zero-order valence-electron chi connectivity index (χ0n) is 55.8. The number of hydrogen-bond donors (Lipinski definition) is 3. The Morgan fingerprint density at radius 3 is 0.791 bits per heavy atom. The van der Waals surface area contributed by atoms with Gasteiger partial charge in [-0.1, -0.05) is 280 Å². The standard InChI is InChI=1S/C67H130O17P2/c1-8-9-10-31-41-48-64(69)77-54-62(83-67(72)51-44-37-30-24-23-27-34-40-47-60(6)7)56-81-85(73,74)79-52-61(68)53-80-86(75,76)82-57-63(55-78-65(70)49-42-35-28-21-18-14-16-20-26-33-39-46-59(4)5)84-66(71)50-43-36-29-22-17-13-11-12-15-19-25-32-38-45-58(2)3/h58-63,68H,8-57H2,1-7H3,(H,73,74)(H,75,76)/t61-,62+,63+/m0/s1. The molecule has 0 saturated heterocycles. The summed E-state index contributed by atoms with van der Waals surface area (Å²) in [5.74, 6) is 0.134. The molecule has 0 aliphatic rings. The van der Waals surface area contributed by atoms with E-state index < -0.39 is 97.5 Å². The average molecular weight is 1270 g/mol. The van der Waals surface area contributed by atoms with E-state index >= 15 is 0 Å². The smallest absolute Gasteiger partial charge is 0.462 e. The lowest BCUT2D eigenvalue weighted by Crippen LogP contribution is -2.30. The van der Waals surface area contributed by atoms with Gasteiger partial charge in [-0.2, -0.15) is 0 Å². The molecule has 19 heteroatoms. The van der Waals surface area contributed by atoms with E-state index in [9.17, 15) is 43.2 Å². The highest BCUT2D eigenvalue weighted by Crippen LogP contribution is 2.45. The van der Waals surface area contributed by atoms with E-state index in [4.69, 9.17) is 37.0 Å². The third-order valence-corrected chi connectivity index (χ3v) is 17.3. The van der Waals surface area contributed by atoms with E-state index in [1.165, 1.54) is 135 Å². The van der Waals surface area contributed by atoms with Crippen LogP contribution in [0, 0.1) is 17.8 Å². The highest BCUT2D eigenvalue weighted by atomic mass is 31.2. The number of unbranched alkanes of at least 4 members (excludes halogenated alkanes) is 33. The summed E-state index contributed by atoms with van der Waals surface area (Å²) in [5.41, 5.74) is 0. The Morgan fingerprint density at radius 2 is 0.535 bits per heavy atom. The first kappa shape index (κ1) is 84.1. The third-order valence-electron chi connectivity index (χ3n) is 15.4. The van der Waals surface area contributed by atoms with Crippen LogP contribution in [0.4, 0.5) is 0 Å².